The lowest BCUT2D eigenvalue weighted by molar-refractivity contribution is -0.130. The molecule has 3 amide bonds. The Labute approximate surface area is 159 Å². The average molecular weight is 373 g/mol. The number of carbonyl (C=O) groups is 2. The average Bonchev–Trinajstić information content (AvgIpc) is 3.55. The molecule has 0 radical (unpaired) electrons. The highest BCUT2D eigenvalue weighted by molar-refractivity contribution is 5.84. The number of likely N-dealkylation sites (tertiary alicyclic amines) is 1. The Morgan fingerprint density at radius 2 is 1.81 bits per heavy atom. The highest BCUT2D eigenvalue weighted by atomic mass is 16.6. The number of benzene rings is 1. The second kappa shape index (κ2) is 8.06. The lowest BCUT2D eigenvalue weighted by Crippen LogP contribution is -2.46. The van der Waals surface area contributed by atoms with Gasteiger partial charge in [0.15, 0.2) is 11.5 Å². The minimum atomic E-state index is -0.299. The summed E-state index contributed by atoms with van der Waals surface area (Å²) >= 11 is 0. The molecule has 2 heterocycles. The van der Waals surface area contributed by atoms with Crippen molar-refractivity contribution in [2.24, 2.45) is 5.92 Å². The maximum atomic E-state index is 12.4. The molecular weight excluding hydrogens is 346 g/mol. The van der Waals surface area contributed by atoms with Gasteiger partial charge < -0.3 is 25.0 Å². The number of rotatable bonds is 5. The van der Waals surface area contributed by atoms with Gasteiger partial charge >= 0.3 is 6.03 Å². The largest absolute Gasteiger partial charge is 0.486 e. The summed E-state index contributed by atoms with van der Waals surface area (Å²) in [4.78, 5) is 26.4. The third kappa shape index (κ3) is 4.46. The third-order valence-electron chi connectivity index (χ3n) is 5.41. The van der Waals surface area contributed by atoms with E-state index in [-0.39, 0.29) is 24.5 Å². The molecule has 146 valence electrons. The first-order valence-electron chi connectivity index (χ1n) is 9.92. The van der Waals surface area contributed by atoms with Crippen molar-refractivity contribution in [3.63, 3.8) is 0 Å². The second-order valence-corrected chi connectivity index (χ2v) is 7.49. The molecule has 0 bridgehead atoms. The van der Waals surface area contributed by atoms with Crippen LogP contribution in [0, 0.1) is 5.92 Å². The quantitative estimate of drug-likeness (QED) is 0.829. The Bertz CT molecular complexity index is 698. The standard InChI is InChI=1S/C20H27N3O4/c24-18(23-8-2-1-3-9-23)13-21-20(25)22-19(14-4-5-14)15-6-7-16-17(12-15)27-11-10-26-16/h6-7,12,14,19H,1-5,8-11,13H2,(H2,21,22,25)/t19-/m1/s1. The van der Waals surface area contributed by atoms with Gasteiger partial charge in [-0.3, -0.25) is 4.79 Å². The van der Waals surface area contributed by atoms with Crippen molar-refractivity contribution in [3.05, 3.63) is 23.8 Å². The summed E-state index contributed by atoms with van der Waals surface area (Å²) in [5.74, 6) is 1.89. The molecule has 4 rings (SSSR count). The zero-order chi connectivity index (χ0) is 18.6. The zero-order valence-electron chi connectivity index (χ0n) is 15.5. The smallest absolute Gasteiger partial charge is 0.315 e. The summed E-state index contributed by atoms with van der Waals surface area (Å²) in [7, 11) is 0. The van der Waals surface area contributed by atoms with E-state index in [9.17, 15) is 9.59 Å². The fourth-order valence-electron chi connectivity index (χ4n) is 3.76. The van der Waals surface area contributed by atoms with Crippen molar-refractivity contribution in [1.29, 1.82) is 0 Å². The van der Waals surface area contributed by atoms with Crippen molar-refractivity contribution in [3.8, 4) is 11.5 Å². The van der Waals surface area contributed by atoms with Gasteiger partial charge in [0.05, 0.1) is 12.6 Å². The molecule has 2 fully saturated rings. The van der Waals surface area contributed by atoms with Crippen molar-refractivity contribution >= 4 is 11.9 Å². The zero-order valence-corrected chi connectivity index (χ0v) is 15.5. The van der Waals surface area contributed by atoms with Gasteiger partial charge in [-0.25, -0.2) is 4.79 Å². The number of urea groups is 1. The number of ether oxygens (including phenoxy) is 2. The minimum absolute atomic E-state index is 0.00727. The van der Waals surface area contributed by atoms with Gasteiger partial charge in [-0.15, -0.1) is 0 Å². The van der Waals surface area contributed by atoms with E-state index in [0.29, 0.717) is 19.1 Å². The Kier molecular flexibility index (Phi) is 5.36. The van der Waals surface area contributed by atoms with E-state index in [1.165, 1.54) is 6.42 Å². The highest BCUT2D eigenvalue weighted by Gasteiger charge is 2.34. The Morgan fingerprint density at radius 3 is 2.56 bits per heavy atom. The molecule has 3 aliphatic rings. The van der Waals surface area contributed by atoms with Gasteiger partial charge in [-0.05, 0) is 55.7 Å². The van der Waals surface area contributed by atoms with E-state index in [1.807, 2.05) is 23.1 Å². The first-order valence-corrected chi connectivity index (χ1v) is 9.92. The molecule has 0 unspecified atom stereocenters. The summed E-state index contributed by atoms with van der Waals surface area (Å²) in [6, 6.07) is 5.46. The first kappa shape index (κ1) is 17.9. The topological polar surface area (TPSA) is 79.9 Å². The summed E-state index contributed by atoms with van der Waals surface area (Å²) < 4.78 is 11.2. The van der Waals surface area contributed by atoms with Crippen LogP contribution in [-0.2, 0) is 4.79 Å². The Morgan fingerprint density at radius 1 is 1.07 bits per heavy atom. The molecular formula is C20H27N3O4. The SMILES string of the molecule is O=C(NCC(=O)N1CCCCC1)N[C@@H](c1ccc2c(c1)OCCO2)C1CC1. The number of hydrogen-bond donors (Lipinski definition) is 2. The van der Waals surface area contributed by atoms with E-state index >= 15 is 0 Å². The van der Waals surface area contributed by atoms with Crippen LogP contribution in [0.3, 0.4) is 0 Å². The molecule has 0 spiro atoms. The number of piperidine rings is 1. The number of amides is 3. The van der Waals surface area contributed by atoms with Gasteiger partial charge in [0.1, 0.15) is 13.2 Å². The van der Waals surface area contributed by atoms with Crippen LogP contribution in [0.4, 0.5) is 4.79 Å². The molecule has 1 atom stereocenters. The van der Waals surface area contributed by atoms with E-state index in [0.717, 1.165) is 55.8 Å². The number of hydrogen-bond acceptors (Lipinski definition) is 4. The van der Waals surface area contributed by atoms with Crippen molar-refractivity contribution < 1.29 is 19.1 Å². The predicted molar refractivity (Wildman–Crippen MR) is 99.9 cm³/mol. The summed E-state index contributed by atoms with van der Waals surface area (Å²) in [6.07, 6.45) is 5.45. The van der Waals surface area contributed by atoms with Crippen LogP contribution < -0.4 is 20.1 Å². The van der Waals surface area contributed by atoms with E-state index in [2.05, 4.69) is 10.6 Å². The predicted octanol–water partition coefficient (Wildman–Crippen LogP) is 2.22. The van der Waals surface area contributed by atoms with E-state index in [1.54, 1.807) is 0 Å². The van der Waals surface area contributed by atoms with E-state index in [4.69, 9.17) is 9.47 Å². The van der Waals surface area contributed by atoms with Crippen LogP contribution in [0.5, 0.6) is 11.5 Å². The van der Waals surface area contributed by atoms with Gasteiger partial charge in [0.2, 0.25) is 5.91 Å². The fraction of sp³-hybridized carbons (Fsp3) is 0.600. The van der Waals surface area contributed by atoms with Gasteiger partial charge in [0.25, 0.3) is 0 Å². The second-order valence-electron chi connectivity index (χ2n) is 7.49. The van der Waals surface area contributed by atoms with Gasteiger partial charge in [-0.2, -0.15) is 0 Å². The number of nitrogens with one attached hydrogen (secondary N) is 2. The van der Waals surface area contributed by atoms with Crippen LogP contribution in [0.1, 0.15) is 43.7 Å². The molecule has 27 heavy (non-hydrogen) atoms. The minimum Gasteiger partial charge on any atom is -0.486 e. The molecule has 1 saturated heterocycles. The summed E-state index contributed by atoms with van der Waals surface area (Å²) in [6.45, 7) is 2.74. The summed E-state index contributed by atoms with van der Waals surface area (Å²) in [5.41, 5.74) is 1.01. The third-order valence-corrected chi connectivity index (χ3v) is 5.41. The number of nitrogens with zero attached hydrogens (tertiary/aromatic N) is 1. The normalized spacial score (nSPS) is 19.9. The molecule has 0 aromatic heterocycles. The lowest BCUT2D eigenvalue weighted by Gasteiger charge is -2.27. The molecule has 7 nitrogen and oxygen atoms in total. The van der Waals surface area contributed by atoms with Crippen molar-refractivity contribution in [2.75, 3.05) is 32.8 Å². The maximum Gasteiger partial charge on any atom is 0.315 e. The molecule has 7 heteroatoms. The van der Waals surface area contributed by atoms with Gasteiger partial charge in [0, 0.05) is 13.1 Å². The lowest BCUT2D eigenvalue weighted by atomic mass is 10.0. The molecule has 1 aliphatic carbocycles. The monoisotopic (exact) mass is 373 g/mol. The molecule has 2 aliphatic heterocycles. The van der Waals surface area contributed by atoms with Gasteiger partial charge in [-0.1, -0.05) is 6.07 Å². The van der Waals surface area contributed by atoms with Crippen molar-refractivity contribution in [2.45, 2.75) is 38.1 Å². The van der Waals surface area contributed by atoms with Crippen molar-refractivity contribution in [1.82, 2.24) is 15.5 Å². The fourth-order valence-corrected chi connectivity index (χ4v) is 3.76. The first-order chi connectivity index (χ1) is 13.2. The van der Waals surface area contributed by atoms with Crippen LogP contribution in [0.2, 0.25) is 0 Å². The molecule has 1 aromatic carbocycles. The molecule has 1 aromatic rings. The van der Waals surface area contributed by atoms with Crippen LogP contribution in [-0.4, -0.2) is 49.7 Å². The Balaban J connectivity index is 1.34. The molecule has 1 saturated carbocycles. The number of carbonyl (C=O) groups excluding carboxylic acids is 2. The van der Waals surface area contributed by atoms with Crippen LogP contribution >= 0.6 is 0 Å². The van der Waals surface area contributed by atoms with Crippen LogP contribution in [0.15, 0.2) is 18.2 Å². The maximum absolute atomic E-state index is 12.4. The number of fused-ring (bicyclic) bond motifs is 1. The highest BCUT2D eigenvalue weighted by Crippen LogP contribution is 2.43. The van der Waals surface area contributed by atoms with E-state index < -0.39 is 0 Å². The Hall–Kier alpha value is -2.44. The van der Waals surface area contributed by atoms with Crippen LogP contribution in [0.25, 0.3) is 0 Å². The summed E-state index contributed by atoms with van der Waals surface area (Å²) in [5, 5.41) is 5.77. The molecule has 2 N–H and O–H groups in total.